The van der Waals surface area contributed by atoms with E-state index in [1.54, 1.807) is 11.6 Å². The van der Waals surface area contributed by atoms with Gasteiger partial charge >= 0.3 is 0 Å². The quantitative estimate of drug-likeness (QED) is 0.913. The molecule has 2 aromatic heterocycles. The zero-order chi connectivity index (χ0) is 16.6. The van der Waals surface area contributed by atoms with E-state index in [4.69, 9.17) is 0 Å². The maximum absolute atomic E-state index is 12.6. The molecule has 23 heavy (non-hydrogen) atoms. The van der Waals surface area contributed by atoms with E-state index in [0.29, 0.717) is 10.2 Å². The monoisotopic (exact) mass is 352 g/mol. The lowest BCUT2D eigenvalue weighted by Gasteiger charge is -2.26. The third kappa shape index (κ3) is 3.24. The highest BCUT2D eigenvalue weighted by molar-refractivity contribution is 7.91. The Hall–Kier alpha value is -1.51. The summed E-state index contributed by atoms with van der Waals surface area (Å²) >= 11 is 1.24. The van der Waals surface area contributed by atoms with Gasteiger partial charge in [-0.3, -0.25) is 0 Å². The third-order valence-electron chi connectivity index (χ3n) is 3.93. The Morgan fingerprint density at radius 1 is 1.39 bits per heavy atom. The Labute approximate surface area is 140 Å². The number of rotatable bonds is 4. The number of aryl methyl sites for hydroxylation is 2. The van der Waals surface area contributed by atoms with E-state index in [1.165, 1.54) is 11.3 Å². The molecule has 0 spiro atoms. The van der Waals surface area contributed by atoms with Gasteiger partial charge in [0.15, 0.2) is 0 Å². The van der Waals surface area contributed by atoms with Gasteiger partial charge in [-0.1, -0.05) is 0 Å². The van der Waals surface area contributed by atoms with E-state index in [9.17, 15) is 8.42 Å². The standard InChI is InChI=1S/C15H20N4O2S2/c1-10-7-8-22-14(10)23(20,21)18-13-6-4-5-12-11(13)9-16-15(17-12)19(2)3/h7-9,13,18H,4-6H2,1-3H3. The molecule has 0 radical (unpaired) electrons. The van der Waals surface area contributed by atoms with Gasteiger partial charge in [0.25, 0.3) is 10.0 Å². The van der Waals surface area contributed by atoms with E-state index in [-0.39, 0.29) is 6.04 Å². The van der Waals surface area contributed by atoms with Crippen LogP contribution in [0, 0.1) is 6.92 Å². The average molecular weight is 352 g/mol. The van der Waals surface area contributed by atoms with Gasteiger partial charge in [-0.15, -0.1) is 11.3 Å². The molecule has 0 aliphatic heterocycles. The summed E-state index contributed by atoms with van der Waals surface area (Å²) in [6, 6.07) is 1.56. The number of anilines is 1. The molecule has 6 nitrogen and oxygen atoms in total. The van der Waals surface area contributed by atoms with Crippen LogP contribution in [0.4, 0.5) is 5.95 Å². The Morgan fingerprint density at radius 2 is 2.17 bits per heavy atom. The van der Waals surface area contributed by atoms with E-state index in [0.717, 1.165) is 36.1 Å². The number of aromatic nitrogens is 2. The van der Waals surface area contributed by atoms with Gasteiger partial charge in [-0.25, -0.2) is 23.1 Å². The molecule has 2 heterocycles. The fourth-order valence-electron chi connectivity index (χ4n) is 2.75. The summed E-state index contributed by atoms with van der Waals surface area (Å²) in [5.74, 6) is 0.654. The summed E-state index contributed by atoms with van der Waals surface area (Å²) in [6.07, 6.45) is 4.29. The van der Waals surface area contributed by atoms with Crippen molar-refractivity contribution >= 4 is 27.3 Å². The second-order valence-corrected chi connectivity index (χ2v) is 8.75. The molecular formula is C15H20N4O2S2. The van der Waals surface area contributed by atoms with Crippen molar-refractivity contribution in [3.05, 3.63) is 34.5 Å². The van der Waals surface area contributed by atoms with Crippen LogP contribution in [0.5, 0.6) is 0 Å². The smallest absolute Gasteiger partial charge is 0.250 e. The summed E-state index contributed by atoms with van der Waals surface area (Å²) in [5, 5.41) is 1.80. The van der Waals surface area contributed by atoms with Crippen molar-refractivity contribution in [2.75, 3.05) is 19.0 Å². The largest absolute Gasteiger partial charge is 0.347 e. The second kappa shape index (κ2) is 6.18. The van der Waals surface area contributed by atoms with Gasteiger partial charge in [-0.2, -0.15) is 0 Å². The van der Waals surface area contributed by atoms with Gasteiger partial charge in [-0.05, 0) is 43.2 Å². The van der Waals surface area contributed by atoms with Crippen LogP contribution in [0.2, 0.25) is 0 Å². The highest BCUT2D eigenvalue weighted by atomic mass is 32.2. The van der Waals surface area contributed by atoms with Crippen LogP contribution in [-0.4, -0.2) is 32.5 Å². The molecule has 0 fully saturated rings. The highest BCUT2D eigenvalue weighted by Crippen LogP contribution is 2.31. The summed E-state index contributed by atoms with van der Waals surface area (Å²) < 4.78 is 28.5. The van der Waals surface area contributed by atoms with E-state index in [1.807, 2.05) is 32.0 Å². The molecule has 1 N–H and O–H groups in total. The lowest BCUT2D eigenvalue weighted by atomic mass is 9.93. The fourth-order valence-corrected chi connectivity index (χ4v) is 5.43. The molecule has 1 atom stereocenters. The summed E-state index contributed by atoms with van der Waals surface area (Å²) in [5.41, 5.74) is 2.60. The lowest BCUT2D eigenvalue weighted by molar-refractivity contribution is 0.500. The SMILES string of the molecule is Cc1ccsc1S(=O)(=O)NC1CCCc2nc(N(C)C)ncc21. The van der Waals surface area contributed by atoms with Crippen LogP contribution in [0.15, 0.2) is 21.9 Å². The van der Waals surface area contributed by atoms with Crippen molar-refractivity contribution in [3.63, 3.8) is 0 Å². The van der Waals surface area contributed by atoms with E-state index < -0.39 is 10.0 Å². The minimum absolute atomic E-state index is 0.263. The first-order chi connectivity index (χ1) is 10.9. The molecule has 3 rings (SSSR count). The van der Waals surface area contributed by atoms with Crippen LogP contribution in [0.1, 0.15) is 35.7 Å². The molecule has 0 amide bonds. The van der Waals surface area contributed by atoms with Gasteiger partial charge < -0.3 is 4.90 Å². The topological polar surface area (TPSA) is 75.2 Å². The van der Waals surface area contributed by atoms with Crippen molar-refractivity contribution in [2.24, 2.45) is 0 Å². The van der Waals surface area contributed by atoms with E-state index >= 15 is 0 Å². The number of nitrogens with one attached hydrogen (secondary N) is 1. The first-order valence-electron chi connectivity index (χ1n) is 7.48. The Morgan fingerprint density at radius 3 is 2.83 bits per heavy atom. The molecule has 0 bridgehead atoms. The van der Waals surface area contributed by atoms with Gasteiger partial charge in [0, 0.05) is 25.9 Å². The van der Waals surface area contributed by atoms with Gasteiger partial charge in [0.05, 0.1) is 11.7 Å². The molecule has 1 unspecified atom stereocenters. The third-order valence-corrected chi connectivity index (χ3v) is 7.09. The molecule has 1 aliphatic rings. The number of sulfonamides is 1. The fraction of sp³-hybridized carbons (Fsp3) is 0.467. The molecule has 0 saturated heterocycles. The van der Waals surface area contributed by atoms with E-state index in [2.05, 4.69) is 14.7 Å². The molecule has 124 valence electrons. The average Bonchev–Trinajstić information content (AvgIpc) is 2.94. The van der Waals surface area contributed by atoms with Crippen molar-refractivity contribution in [3.8, 4) is 0 Å². The molecule has 8 heteroatoms. The maximum Gasteiger partial charge on any atom is 0.250 e. The number of hydrogen-bond acceptors (Lipinski definition) is 6. The van der Waals surface area contributed by atoms with Crippen molar-refractivity contribution < 1.29 is 8.42 Å². The van der Waals surface area contributed by atoms with Crippen molar-refractivity contribution in [2.45, 2.75) is 36.4 Å². The number of nitrogens with zero attached hydrogens (tertiary/aromatic N) is 3. The summed E-state index contributed by atoms with van der Waals surface area (Å²) in [4.78, 5) is 10.7. The zero-order valence-electron chi connectivity index (χ0n) is 13.4. The lowest BCUT2D eigenvalue weighted by Crippen LogP contribution is -2.31. The number of hydrogen-bond donors (Lipinski definition) is 1. The Kier molecular flexibility index (Phi) is 4.39. The summed E-state index contributed by atoms with van der Waals surface area (Å²) in [7, 11) is 0.272. The van der Waals surface area contributed by atoms with Crippen molar-refractivity contribution in [1.29, 1.82) is 0 Å². The second-order valence-electron chi connectivity index (χ2n) is 5.92. The number of thiophene rings is 1. The molecule has 0 saturated carbocycles. The van der Waals surface area contributed by atoms with Gasteiger partial charge in [0.1, 0.15) is 4.21 Å². The highest BCUT2D eigenvalue weighted by Gasteiger charge is 2.28. The molecule has 2 aromatic rings. The first kappa shape index (κ1) is 16.4. The van der Waals surface area contributed by atoms with Crippen LogP contribution in [0.3, 0.4) is 0 Å². The minimum atomic E-state index is -3.51. The predicted molar refractivity (Wildman–Crippen MR) is 91.4 cm³/mol. The molecule has 0 aromatic carbocycles. The van der Waals surface area contributed by atoms with Crippen LogP contribution < -0.4 is 9.62 Å². The normalized spacial score (nSPS) is 17.8. The van der Waals surface area contributed by atoms with Gasteiger partial charge in [0.2, 0.25) is 5.95 Å². The predicted octanol–water partition coefficient (Wildman–Crippen LogP) is 2.27. The van der Waals surface area contributed by atoms with Crippen LogP contribution in [-0.2, 0) is 16.4 Å². The number of fused-ring (bicyclic) bond motifs is 1. The Bertz CT molecular complexity index is 815. The van der Waals surface area contributed by atoms with Crippen molar-refractivity contribution in [1.82, 2.24) is 14.7 Å². The molecular weight excluding hydrogens is 332 g/mol. The minimum Gasteiger partial charge on any atom is -0.347 e. The Balaban J connectivity index is 1.91. The first-order valence-corrected chi connectivity index (χ1v) is 9.84. The van der Waals surface area contributed by atoms with Crippen LogP contribution in [0.25, 0.3) is 0 Å². The maximum atomic E-state index is 12.6. The zero-order valence-corrected chi connectivity index (χ0v) is 15.0. The summed E-state index contributed by atoms with van der Waals surface area (Å²) in [6.45, 7) is 1.81. The van der Waals surface area contributed by atoms with Crippen LogP contribution >= 0.6 is 11.3 Å². The molecule has 1 aliphatic carbocycles.